The summed E-state index contributed by atoms with van der Waals surface area (Å²) in [4.78, 5) is 14.9. The summed E-state index contributed by atoms with van der Waals surface area (Å²) in [5, 5.41) is 14.2. The van der Waals surface area contributed by atoms with Crippen LogP contribution in [0.2, 0.25) is 0 Å². The molecule has 0 saturated carbocycles. The Morgan fingerprint density at radius 3 is 2.57 bits per heavy atom. The fourth-order valence-corrected chi connectivity index (χ4v) is 1.36. The molecule has 0 atom stereocenters. The van der Waals surface area contributed by atoms with E-state index < -0.39 is 4.92 Å². The summed E-state index contributed by atoms with van der Waals surface area (Å²) in [5.41, 5.74) is 0.0591. The average Bonchev–Trinajstić information content (AvgIpc) is 2.99. The van der Waals surface area contributed by atoms with E-state index >= 15 is 0 Å². The summed E-state index contributed by atoms with van der Waals surface area (Å²) < 4.78 is 2.24. The van der Waals surface area contributed by atoms with Crippen LogP contribution in [0.1, 0.15) is 0 Å². The average molecular weight is 305 g/mol. The van der Waals surface area contributed by atoms with Crippen LogP contribution in [-0.4, -0.2) is 13.1 Å². The predicted molar refractivity (Wildman–Crippen MR) is 46.0 cm³/mol. The van der Waals surface area contributed by atoms with Crippen molar-refractivity contribution in [3.8, 4) is 5.75 Å². The molecule has 5 nitrogen and oxygen atoms in total. The van der Waals surface area contributed by atoms with E-state index in [1.54, 1.807) is 12.1 Å². The van der Waals surface area contributed by atoms with Crippen molar-refractivity contribution in [3.63, 3.8) is 0 Å². The summed E-state index contributed by atoms with van der Waals surface area (Å²) in [6.07, 6.45) is 0. The summed E-state index contributed by atoms with van der Waals surface area (Å²) in [6, 6.07) is 5.89. The molecule has 0 aliphatic carbocycles. The molecule has 1 heterocycles. The van der Waals surface area contributed by atoms with Gasteiger partial charge in [0, 0.05) is 0 Å². The molecule has 0 radical (unpaired) electrons. The van der Waals surface area contributed by atoms with Gasteiger partial charge in [-0.1, -0.05) is 0 Å². The Kier molecular flexibility index (Phi) is 2.62. The molecule has 0 aromatic heterocycles. The van der Waals surface area contributed by atoms with Gasteiger partial charge >= 0.3 is 90.1 Å². The molecule has 1 aromatic rings. The number of alkyl halides is 1. The van der Waals surface area contributed by atoms with Gasteiger partial charge in [-0.15, -0.1) is 0 Å². The molecule has 14 heavy (non-hydrogen) atoms. The number of halogens is 1. The van der Waals surface area contributed by atoms with Crippen LogP contribution in [0.25, 0.3) is 0 Å². The molecule has 0 N–H and O–H groups in total. The van der Waals surface area contributed by atoms with Crippen LogP contribution >= 0.6 is 0 Å². The van der Waals surface area contributed by atoms with E-state index in [0.717, 1.165) is 8.15 Å². The van der Waals surface area contributed by atoms with Crippen LogP contribution in [0.3, 0.4) is 0 Å². The van der Waals surface area contributed by atoms with Crippen LogP contribution in [0.5, 0.6) is 5.75 Å². The molecule has 1 aliphatic rings. The zero-order valence-electron chi connectivity index (χ0n) is 7.01. The van der Waals surface area contributed by atoms with E-state index in [1.807, 2.05) is 0 Å². The SMILES string of the molecule is O=[N+]([O-])c1ccc(O/N=C2\C[I-]2)cc1. The van der Waals surface area contributed by atoms with Crippen molar-refractivity contribution in [2.24, 2.45) is 5.16 Å². The second-order valence-electron chi connectivity index (χ2n) is 2.58. The summed E-state index contributed by atoms with van der Waals surface area (Å²) >= 11 is 0.176. The van der Waals surface area contributed by atoms with E-state index in [-0.39, 0.29) is 26.9 Å². The Morgan fingerprint density at radius 2 is 2.07 bits per heavy atom. The van der Waals surface area contributed by atoms with Gasteiger partial charge in [-0.05, 0) is 0 Å². The third-order valence-electron chi connectivity index (χ3n) is 1.55. The van der Waals surface area contributed by atoms with E-state index in [2.05, 4.69) is 5.16 Å². The van der Waals surface area contributed by atoms with Crippen molar-refractivity contribution >= 4 is 9.41 Å². The summed E-state index contributed by atoms with van der Waals surface area (Å²) in [5.74, 6) is 0.541. The third kappa shape index (κ3) is 2.41. The van der Waals surface area contributed by atoms with Gasteiger partial charge in [0.25, 0.3) is 0 Å². The Morgan fingerprint density at radius 1 is 1.43 bits per heavy atom. The molecule has 74 valence electrons. The van der Waals surface area contributed by atoms with Gasteiger partial charge in [0.15, 0.2) is 0 Å². The fraction of sp³-hybridized carbons (Fsp3) is 0.125. The van der Waals surface area contributed by atoms with Gasteiger partial charge in [0.2, 0.25) is 0 Å². The maximum atomic E-state index is 10.3. The van der Waals surface area contributed by atoms with E-state index in [9.17, 15) is 10.1 Å². The first-order chi connectivity index (χ1) is 6.75. The number of nitro groups is 1. The van der Waals surface area contributed by atoms with Gasteiger partial charge < -0.3 is 0 Å². The number of oxime groups is 1. The zero-order chi connectivity index (χ0) is 9.97. The topological polar surface area (TPSA) is 64.7 Å². The number of hydrogen-bond donors (Lipinski definition) is 0. The van der Waals surface area contributed by atoms with Crippen LogP contribution in [0.15, 0.2) is 29.4 Å². The van der Waals surface area contributed by atoms with Crippen molar-refractivity contribution in [2.45, 2.75) is 0 Å². The normalized spacial score (nSPS) is 17.3. The predicted octanol–water partition coefficient (Wildman–Crippen LogP) is -1.61. The number of non-ortho nitro benzene ring substituents is 1. The second-order valence-corrected chi connectivity index (χ2v) is 5.35. The van der Waals surface area contributed by atoms with Crippen LogP contribution in [-0.2, 0) is 0 Å². The van der Waals surface area contributed by atoms with E-state index in [0.29, 0.717) is 5.75 Å². The monoisotopic (exact) mass is 305 g/mol. The van der Waals surface area contributed by atoms with Gasteiger partial charge in [-0.3, -0.25) is 0 Å². The number of nitro benzene ring substituents is 1. The number of rotatable bonds is 3. The first-order valence-electron chi connectivity index (χ1n) is 3.83. The van der Waals surface area contributed by atoms with E-state index in [1.165, 1.54) is 12.1 Å². The molecule has 0 spiro atoms. The Bertz CT molecular complexity index is 382. The van der Waals surface area contributed by atoms with Gasteiger partial charge in [0.05, 0.1) is 0 Å². The van der Waals surface area contributed by atoms with Gasteiger partial charge in [0.1, 0.15) is 0 Å². The molecule has 1 aliphatic heterocycles. The van der Waals surface area contributed by atoms with Gasteiger partial charge in [-0.25, -0.2) is 0 Å². The molecule has 1 fully saturated rings. The number of benzene rings is 1. The van der Waals surface area contributed by atoms with Crippen molar-refractivity contribution in [1.29, 1.82) is 0 Å². The van der Waals surface area contributed by atoms with Crippen molar-refractivity contribution in [2.75, 3.05) is 4.43 Å². The maximum absolute atomic E-state index is 10.3. The fourth-order valence-electron chi connectivity index (χ4n) is 0.810. The molecule has 0 amide bonds. The summed E-state index contributed by atoms with van der Waals surface area (Å²) in [7, 11) is 0. The standard InChI is InChI=1S/C8H6IN2O3/c12-11(13)6-1-3-7(4-2-6)14-10-8-5-9-8/h1-4H,5H2/q-1/b10-8+. The summed E-state index contributed by atoms with van der Waals surface area (Å²) in [6.45, 7) is 0. The molecule has 2 rings (SSSR count). The minimum atomic E-state index is -0.442. The molecular weight excluding hydrogens is 299 g/mol. The zero-order valence-corrected chi connectivity index (χ0v) is 9.17. The van der Waals surface area contributed by atoms with Crippen LogP contribution < -0.4 is 26.0 Å². The Balaban J connectivity index is 2.05. The van der Waals surface area contributed by atoms with Crippen LogP contribution in [0, 0.1) is 10.1 Å². The Hall–Kier alpha value is -1.18. The van der Waals surface area contributed by atoms with E-state index in [4.69, 9.17) is 4.84 Å². The number of nitrogens with zero attached hydrogens (tertiary/aromatic N) is 2. The third-order valence-corrected chi connectivity index (χ3v) is 3.19. The second kappa shape index (κ2) is 3.91. The Labute approximate surface area is 90.2 Å². The quantitative estimate of drug-likeness (QED) is 0.292. The molecule has 1 saturated heterocycles. The van der Waals surface area contributed by atoms with Crippen LogP contribution in [0.4, 0.5) is 5.69 Å². The number of hydrogen-bond acceptors (Lipinski definition) is 4. The van der Waals surface area contributed by atoms with Crippen molar-refractivity contribution in [1.82, 2.24) is 0 Å². The molecule has 0 bridgehead atoms. The van der Waals surface area contributed by atoms with Crippen molar-refractivity contribution < 1.29 is 31.0 Å². The minimum absolute atomic E-state index is 0.0591. The molecule has 0 unspecified atom stereocenters. The molecule has 6 heteroatoms. The first kappa shape index (κ1) is 9.38. The van der Waals surface area contributed by atoms with Gasteiger partial charge in [-0.2, -0.15) is 0 Å². The molecule has 1 aromatic carbocycles. The molecular formula is C8H6IN2O3-. The first-order valence-corrected chi connectivity index (χ1v) is 6.43. The van der Waals surface area contributed by atoms with Crippen molar-refractivity contribution in [3.05, 3.63) is 34.4 Å².